The summed E-state index contributed by atoms with van der Waals surface area (Å²) in [5, 5.41) is 4.59. The molecule has 1 heterocycles. The number of hydrogen-bond donors (Lipinski definition) is 1. The lowest BCUT2D eigenvalue weighted by Gasteiger charge is -2.33. The Morgan fingerprint density at radius 2 is 2.12 bits per heavy atom. The Balaban J connectivity index is 2.00. The molecule has 1 saturated carbocycles. The molecule has 0 amide bonds. The normalized spacial score (nSPS) is 29.0. The van der Waals surface area contributed by atoms with Gasteiger partial charge in [-0.05, 0) is 37.4 Å². The van der Waals surface area contributed by atoms with Crippen molar-refractivity contribution in [3.05, 3.63) is 12.4 Å². The van der Waals surface area contributed by atoms with Gasteiger partial charge in [0.1, 0.15) is 17.2 Å². The summed E-state index contributed by atoms with van der Waals surface area (Å²) in [4.78, 5) is 8.49. The molecule has 1 aliphatic carbocycles. The maximum Gasteiger partial charge on any atom is 0.130 e. The van der Waals surface area contributed by atoms with E-state index in [0.717, 1.165) is 22.7 Å². The highest BCUT2D eigenvalue weighted by Crippen LogP contribution is 2.30. The molecule has 0 spiro atoms. The first-order chi connectivity index (χ1) is 8.19. The van der Waals surface area contributed by atoms with Crippen LogP contribution in [0.2, 0.25) is 0 Å². The zero-order valence-electron chi connectivity index (χ0n) is 10.8. The molecular weight excluding hydrogens is 230 g/mol. The number of hydrogen-bond acceptors (Lipinski definition) is 4. The van der Waals surface area contributed by atoms with Crippen LogP contribution in [0, 0.1) is 11.8 Å². The fourth-order valence-corrected chi connectivity index (χ4v) is 2.98. The Labute approximate surface area is 108 Å². The predicted octanol–water partition coefficient (Wildman–Crippen LogP) is 3.44. The molecule has 94 valence electrons. The molecule has 0 radical (unpaired) electrons. The highest BCUT2D eigenvalue weighted by Gasteiger charge is 2.25. The minimum absolute atomic E-state index is 0.566. The second kappa shape index (κ2) is 5.71. The van der Waals surface area contributed by atoms with Crippen molar-refractivity contribution in [3.63, 3.8) is 0 Å². The number of nitrogens with zero attached hydrogens (tertiary/aromatic N) is 2. The molecule has 1 aromatic rings. The monoisotopic (exact) mass is 251 g/mol. The average molecular weight is 251 g/mol. The van der Waals surface area contributed by atoms with Crippen LogP contribution in [-0.4, -0.2) is 22.3 Å². The third-order valence-corrected chi connectivity index (χ3v) is 4.26. The number of nitrogens with one attached hydrogen (secondary N) is 1. The first-order valence-electron chi connectivity index (χ1n) is 6.31. The molecule has 0 saturated heterocycles. The molecule has 1 fully saturated rings. The van der Waals surface area contributed by atoms with Gasteiger partial charge in [0.05, 0.1) is 0 Å². The highest BCUT2D eigenvalue weighted by molar-refractivity contribution is 7.98. The molecule has 1 aliphatic rings. The van der Waals surface area contributed by atoms with Crippen LogP contribution in [0.3, 0.4) is 0 Å². The number of rotatable bonds is 3. The minimum atomic E-state index is 0.566. The molecule has 3 unspecified atom stereocenters. The van der Waals surface area contributed by atoms with E-state index in [4.69, 9.17) is 0 Å². The van der Waals surface area contributed by atoms with Crippen molar-refractivity contribution < 1.29 is 0 Å². The van der Waals surface area contributed by atoms with E-state index < -0.39 is 0 Å². The highest BCUT2D eigenvalue weighted by atomic mass is 32.2. The molecular formula is C13H21N3S. The van der Waals surface area contributed by atoms with Crippen LogP contribution in [-0.2, 0) is 0 Å². The van der Waals surface area contributed by atoms with E-state index in [2.05, 4.69) is 29.1 Å². The molecule has 0 bridgehead atoms. The number of thioether (sulfide) groups is 1. The van der Waals surface area contributed by atoms with Gasteiger partial charge >= 0.3 is 0 Å². The quantitative estimate of drug-likeness (QED) is 0.659. The van der Waals surface area contributed by atoms with Crippen molar-refractivity contribution in [2.45, 2.75) is 44.2 Å². The van der Waals surface area contributed by atoms with Crippen molar-refractivity contribution in [2.24, 2.45) is 11.8 Å². The molecule has 3 nitrogen and oxygen atoms in total. The minimum Gasteiger partial charge on any atom is -0.367 e. The Bertz CT molecular complexity index is 369. The largest absolute Gasteiger partial charge is 0.367 e. The van der Waals surface area contributed by atoms with Gasteiger partial charge in [-0.1, -0.05) is 13.8 Å². The van der Waals surface area contributed by atoms with Crippen LogP contribution >= 0.6 is 11.8 Å². The van der Waals surface area contributed by atoms with E-state index in [9.17, 15) is 0 Å². The smallest absolute Gasteiger partial charge is 0.130 e. The van der Waals surface area contributed by atoms with Crippen LogP contribution in [0.15, 0.2) is 17.4 Å². The predicted molar refractivity (Wildman–Crippen MR) is 73.4 cm³/mol. The van der Waals surface area contributed by atoms with Crippen molar-refractivity contribution >= 4 is 17.6 Å². The van der Waals surface area contributed by atoms with Gasteiger partial charge in [-0.2, -0.15) is 0 Å². The molecule has 3 atom stereocenters. The van der Waals surface area contributed by atoms with Crippen LogP contribution in [0.1, 0.15) is 33.1 Å². The van der Waals surface area contributed by atoms with Crippen molar-refractivity contribution in [2.75, 3.05) is 11.6 Å². The van der Waals surface area contributed by atoms with Crippen LogP contribution in [0.25, 0.3) is 0 Å². The lowest BCUT2D eigenvalue weighted by atomic mass is 9.80. The topological polar surface area (TPSA) is 37.8 Å². The zero-order chi connectivity index (χ0) is 12.3. The molecule has 0 aromatic carbocycles. The van der Waals surface area contributed by atoms with Crippen LogP contribution in [0.4, 0.5) is 5.82 Å². The van der Waals surface area contributed by atoms with E-state index in [1.54, 1.807) is 18.1 Å². The Kier molecular flexibility index (Phi) is 4.26. The van der Waals surface area contributed by atoms with Gasteiger partial charge in [-0.15, -0.1) is 11.8 Å². The summed E-state index contributed by atoms with van der Waals surface area (Å²) in [5.74, 6) is 2.57. The van der Waals surface area contributed by atoms with Gasteiger partial charge in [-0.3, -0.25) is 0 Å². The summed E-state index contributed by atoms with van der Waals surface area (Å²) >= 11 is 1.66. The lowest BCUT2D eigenvalue weighted by Crippen LogP contribution is -2.33. The Hall–Kier alpha value is -0.770. The summed E-state index contributed by atoms with van der Waals surface area (Å²) in [6.45, 7) is 4.69. The zero-order valence-corrected chi connectivity index (χ0v) is 11.6. The van der Waals surface area contributed by atoms with Gasteiger partial charge in [0.25, 0.3) is 0 Å². The lowest BCUT2D eigenvalue weighted by molar-refractivity contribution is 0.276. The average Bonchev–Trinajstić information content (AvgIpc) is 2.33. The first kappa shape index (κ1) is 12.7. The molecule has 0 aliphatic heterocycles. The fraction of sp³-hybridized carbons (Fsp3) is 0.692. The van der Waals surface area contributed by atoms with Crippen molar-refractivity contribution in [1.82, 2.24) is 9.97 Å². The van der Waals surface area contributed by atoms with Crippen molar-refractivity contribution in [3.8, 4) is 0 Å². The summed E-state index contributed by atoms with van der Waals surface area (Å²) in [6, 6.07) is 2.60. The standard InChI is InChI=1S/C13H21N3S/c1-9-4-5-11(10(2)6-9)16-12-7-13(17-3)15-8-14-12/h7-11H,4-6H2,1-3H3,(H,14,15,16). The number of aromatic nitrogens is 2. The van der Waals surface area contributed by atoms with E-state index >= 15 is 0 Å². The molecule has 1 N–H and O–H groups in total. The van der Waals surface area contributed by atoms with Gasteiger partial charge in [-0.25, -0.2) is 9.97 Å². The van der Waals surface area contributed by atoms with Gasteiger partial charge in [0.2, 0.25) is 0 Å². The van der Waals surface area contributed by atoms with Crippen LogP contribution in [0.5, 0.6) is 0 Å². The number of anilines is 1. The third-order valence-electron chi connectivity index (χ3n) is 3.62. The summed E-state index contributed by atoms with van der Waals surface area (Å²) in [7, 11) is 0. The van der Waals surface area contributed by atoms with E-state index in [-0.39, 0.29) is 0 Å². The first-order valence-corrected chi connectivity index (χ1v) is 7.54. The molecule has 2 rings (SSSR count). The van der Waals surface area contributed by atoms with Crippen molar-refractivity contribution in [1.29, 1.82) is 0 Å². The van der Waals surface area contributed by atoms with E-state index in [1.807, 2.05) is 12.3 Å². The van der Waals surface area contributed by atoms with E-state index in [0.29, 0.717) is 6.04 Å². The summed E-state index contributed by atoms with van der Waals surface area (Å²) < 4.78 is 0. The third kappa shape index (κ3) is 3.35. The SMILES string of the molecule is CSc1cc(NC2CCC(C)CC2C)ncn1. The van der Waals surface area contributed by atoms with E-state index in [1.165, 1.54) is 19.3 Å². The second-order valence-electron chi connectivity index (χ2n) is 5.09. The maximum absolute atomic E-state index is 4.30. The molecule has 4 heteroatoms. The Morgan fingerprint density at radius 1 is 1.29 bits per heavy atom. The second-order valence-corrected chi connectivity index (χ2v) is 5.92. The van der Waals surface area contributed by atoms with Crippen LogP contribution < -0.4 is 5.32 Å². The molecule has 1 aromatic heterocycles. The summed E-state index contributed by atoms with van der Waals surface area (Å²) in [6.07, 6.45) is 7.57. The fourth-order valence-electron chi connectivity index (χ4n) is 2.60. The Morgan fingerprint density at radius 3 is 2.82 bits per heavy atom. The van der Waals surface area contributed by atoms with Gasteiger partial charge in [0.15, 0.2) is 0 Å². The summed E-state index contributed by atoms with van der Waals surface area (Å²) in [5.41, 5.74) is 0. The van der Waals surface area contributed by atoms with Gasteiger partial charge < -0.3 is 5.32 Å². The maximum atomic E-state index is 4.30. The van der Waals surface area contributed by atoms with Gasteiger partial charge in [0, 0.05) is 12.1 Å². The molecule has 17 heavy (non-hydrogen) atoms.